The highest BCUT2D eigenvalue weighted by Crippen LogP contribution is 2.41. The molecule has 5 aromatic rings. The molecule has 2 aromatic carbocycles. The van der Waals surface area contributed by atoms with Crippen molar-refractivity contribution < 1.29 is 31.6 Å². The van der Waals surface area contributed by atoms with Crippen molar-refractivity contribution in [3.05, 3.63) is 71.8 Å². The zero-order valence-corrected chi connectivity index (χ0v) is 29.5. The number of fused-ring (bicyclic) bond motifs is 3. The summed E-state index contributed by atoms with van der Waals surface area (Å²) in [6.45, 7) is 5.90. The number of aromatic nitrogens is 5. The number of likely N-dealkylation sites (tertiary alicyclic amines) is 1. The second-order valence-corrected chi connectivity index (χ2v) is 14.5. The van der Waals surface area contributed by atoms with Gasteiger partial charge in [0.15, 0.2) is 23.3 Å². The van der Waals surface area contributed by atoms with Gasteiger partial charge in [-0.05, 0) is 37.3 Å². The molecule has 3 atom stereocenters. The molecule has 8 rings (SSSR count). The third-order valence-electron chi connectivity index (χ3n) is 10.8. The number of carbonyl (C=O) groups excluding carboxylic acids is 1. The monoisotopic (exact) mass is 730 g/mol. The van der Waals surface area contributed by atoms with E-state index < -0.39 is 29.2 Å². The van der Waals surface area contributed by atoms with Crippen LogP contribution < -0.4 is 9.64 Å². The third-order valence-corrected chi connectivity index (χ3v) is 10.8. The molecule has 3 fully saturated rings. The van der Waals surface area contributed by atoms with Crippen molar-refractivity contribution in [2.24, 2.45) is 0 Å². The molecule has 53 heavy (non-hydrogen) atoms. The van der Waals surface area contributed by atoms with Crippen LogP contribution >= 0.6 is 0 Å². The standard InChI is InChI=1S/C38H38F4N8O3/c1-21(2)35-44-28(53-47-35)10-11-29(51)49-15-12-24(19-49)48(3)36-26-17-43-33(25-7-4-6-22-8-9-27(40)31(41)30(22)25)32(42)34(26)45-37(46-36)52-20-38-13-5-14-50(38)18-23(39)16-38/h4,6-11,17,21,23-24H,5,12-16,18-20H2,1-3H3/b11-10+/t23-,24-,38+/m1/s1. The van der Waals surface area contributed by atoms with Gasteiger partial charge in [-0.15, -0.1) is 0 Å². The first-order valence-electron chi connectivity index (χ1n) is 17.8. The number of hydrogen-bond donors (Lipinski definition) is 0. The third kappa shape index (κ3) is 6.34. The van der Waals surface area contributed by atoms with E-state index >= 15 is 8.78 Å². The topological polar surface area (TPSA) is 114 Å². The van der Waals surface area contributed by atoms with Crippen LogP contribution in [0.5, 0.6) is 6.01 Å². The van der Waals surface area contributed by atoms with E-state index in [1.165, 1.54) is 30.5 Å². The molecule has 0 radical (unpaired) electrons. The number of ether oxygens (including phenoxy) is 1. The number of benzene rings is 2. The average Bonchev–Trinajstić information content (AvgIpc) is 3.96. The van der Waals surface area contributed by atoms with Gasteiger partial charge in [-0.25, -0.2) is 17.6 Å². The summed E-state index contributed by atoms with van der Waals surface area (Å²) in [5, 5.41) is 4.46. The minimum absolute atomic E-state index is 0.0641. The molecule has 0 N–H and O–H groups in total. The summed E-state index contributed by atoms with van der Waals surface area (Å²) in [7, 11) is 1.79. The van der Waals surface area contributed by atoms with Crippen LogP contribution in [-0.4, -0.2) is 98.4 Å². The normalized spacial score (nSPS) is 21.8. The number of nitrogens with zero attached hydrogens (tertiary/aromatic N) is 8. The maximum Gasteiger partial charge on any atom is 0.319 e. The van der Waals surface area contributed by atoms with E-state index in [0.29, 0.717) is 49.5 Å². The zero-order valence-electron chi connectivity index (χ0n) is 29.5. The first-order chi connectivity index (χ1) is 25.5. The lowest BCUT2D eigenvalue weighted by atomic mass is 9.95. The van der Waals surface area contributed by atoms with Crippen molar-refractivity contribution in [3.8, 4) is 17.3 Å². The number of halogens is 4. The first kappa shape index (κ1) is 34.9. The Morgan fingerprint density at radius 2 is 1.96 bits per heavy atom. The Labute approximate surface area is 302 Å². The summed E-state index contributed by atoms with van der Waals surface area (Å²) in [5.41, 5.74) is -0.781. The maximum atomic E-state index is 16.8. The lowest BCUT2D eigenvalue weighted by Gasteiger charge is -2.31. The number of anilines is 1. The van der Waals surface area contributed by atoms with Gasteiger partial charge >= 0.3 is 6.01 Å². The minimum Gasteiger partial charge on any atom is -0.461 e. The van der Waals surface area contributed by atoms with Gasteiger partial charge in [0.05, 0.1) is 10.9 Å². The molecule has 0 saturated carbocycles. The van der Waals surface area contributed by atoms with E-state index in [1.54, 1.807) is 24.1 Å². The molecule has 15 heteroatoms. The van der Waals surface area contributed by atoms with Crippen LogP contribution in [0, 0.1) is 17.5 Å². The summed E-state index contributed by atoms with van der Waals surface area (Å²) in [6.07, 6.45) is 5.90. The van der Waals surface area contributed by atoms with E-state index in [0.717, 1.165) is 25.5 Å². The number of alkyl halides is 1. The summed E-state index contributed by atoms with van der Waals surface area (Å²) in [4.78, 5) is 36.7. The van der Waals surface area contributed by atoms with E-state index in [2.05, 4.69) is 25.0 Å². The van der Waals surface area contributed by atoms with E-state index in [9.17, 15) is 13.6 Å². The molecule has 3 saturated heterocycles. The highest BCUT2D eigenvalue weighted by atomic mass is 19.2. The molecule has 3 aliphatic rings. The van der Waals surface area contributed by atoms with Gasteiger partial charge in [-0.2, -0.15) is 15.0 Å². The molecule has 3 aliphatic heterocycles. The van der Waals surface area contributed by atoms with Crippen LogP contribution in [0.4, 0.5) is 23.4 Å². The van der Waals surface area contributed by atoms with Gasteiger partial charge < -0.3 is 19.1 Å². The van der Waals surface area contributed by atoms with Gasteiger partial charge in [0.1, 0.15) is 29.8 Å². The molecule has 0 bridgehead atoms. The Morgan fingerprint density at radius 1 is 1.11 bits per heavy atom. The van der Waals surface area contributed by atoms with Crippen molar-refractivity contribution in [2.45, 2.75) is 63.2 Å². The Balaban J connectivity index is 1.13. The Bertz CT molecular complexity index is 2250. The van der Waals surface area contributed by atoms with Gasteiger partial charge in [0, 0.05) is 74.4 Å². The fraction of sp³-hybridized carbons (Fsp3) is 0.421. The molecule has 0 unspecified atom stereocenters. The van der Waals surface area contributed by atoms with Crippen molar-refractivity contribution in [3.63, 3.8) is 0 Å². The molecule has 0 spiro atoms. The predicted octanol–water partition coefficient (Wildman–Crippen LogP) is 6.47. The van der Waals surface area contributed by atoms with Gasteiger partial charge in [-0.1, -0.05) is 43.3 Å². The Morgan fingerprint density at radius 3 is 2.77 bits per heavy atom. The summed E-state index contributed by atoms with van der Waals surface area (Å²) >= 11 is 0. The SMILES string of the molecule is CC(C)c1noc(/C=C/C(=O)N2CC[C@@H](N(C)c3nc(OC[C@@]45CCCN4C[C@H](F)C5)nc4c(F)c(-c5cccc6ccc(F)c(F)c56)ncc34)C2)n1. The van der Waals surface area contributed by atoms with Crippen molar-refractivity contribution in [1.29, 1.82) is 0 Å². The molecule has 276 valence electrons. The zero-order chi connectivity index (χ0) is 37.0. The van der Waals surface area contributed by atoms with E-state index in [1.807, 2.05) is 18.7 Å². The van der Waals surface area contributed by atoms with Gasteiger partial charge in [-0.3, -0.25) is 14.7 Å². The van der Waals surface area contributed by atoms with Crippen LogP contribution in [0.3, 0.4) is 0 Å². The van der Waals surface area contributed by atoms with Crippen molar-refractivity contribution in [1.82, 2.24) is 34.9 Å². The maximum absolute atomic E-state index is 16.8. The van der Waals surface area contributed by atoms with Crippen molar-refractivity contribution >= 4 is 39.5 Å². The summed E-state index contributed by atoms with van der Waals surface area (Å²) < 4.78 is 72.4. The molecule has 1 amide bonds. The number of pyridine rings is 1. The fourth-order valence-corrected chi connectivity index (χ4v) is 7.93. The molecular formula is C38H38F4N8O3. The predicted molar refractivity (Wildman–Crippen MR) is 190 cm³/mol. The minimum atomic E-state index is -1.11. The average molecular weight is 731 g/mol. The highest BCUT2D eigenvalue weighted by Gasteiger charge is 2.49. The fourth-order valence-electron chi connectivity index (χ4n) is 7.93. The van der Waals surface area contributed by atoms with Gasteiger partial charge in [0.25, 0.3) is 5.89 Å². The lowest BCUT2D eigenvalue weighted by Crippen LogP contribution is -2.43. The number of carbonyl (C=O) groups is 1. The number of rotatable bonds is 9. The van der Waals surface area contributed by atoms with E-state index in [4.69, 9.17) is 14.2 Å². The first-order valence-corrected chi connectivity index (χ1v) is 17.8. The Hall–Kier alpha value is -5.18. The van der Waals surface area contributed by atoms with Crippen LogP contribution in [-0.2, 0) is 4.79 Å². The molecule has 6 heterocycles. The van der Waals surface area contributed by atoms with Crippen LogP contribution in [0.15, 0.2) is 47.1 Å². The van der Waals surface area contributed by atoms with Gasteiger partial charge in [0.2, 0.25) is 5.91 Å². The Kier molecular flexibility index (Phi) is 8.99. The molecule has 0 aliphatic carbocycles. The number of amides is 1. The quantitative estimate of drug-likeness (QED) is 0.124. The molecular weight excluding hydrogens is 692 g/mol. The van der Waals surface area contributed by atoms with Crippen LogP contribution in [0.1, 0.15) is 57.2 Å². The second-order valence-electron chi connectivity index (χ2n) is 14.5. The lowest BCUT2D eigenvalue weighted by molar-refractivity contribution is -0.124. The highest BCUT2D eigenvalue weighted by molar-refractivity contribution is 5.99. The van der Waals surface area contributed by atoms with Crippen LogP contribution in [0.2, 0.25) is 0 Å². The second kappa shape index (κ2) is 13.7. The number of likely N-dealkylation sites (N-methyl/N-ethyl adjacent to an activating group) is 1. The van der Waals surface area contributed by atoms with Crippen LogP contribution in [0.25, 0.3) is 39.0 Å². The smallest absolute Gasteiger partial charge is 0.319 e. The summed E-state index contributed by atoms with van der Waals surface area (Å²) in [6, 6.07) is 6.82. The number of hydrogen-bond acceptors (Lipinski definition) is 10. The van der Waals surface area contributed by atoms with Crippen molar-refractivity contribution in [2.75, 3.05) is 44.7 Å². The molecule has 11 nitrogen and oxygen atoms in total. The summed E-state index contributed by atoms with van der Waals surface area (Å²) in [5.74, 6) is -2.09. The van der Waals surface area contributed by atoms with E-state index in [-0.39, 0.29) is 63.9 Å². The molecule has 3 aromatic heterocycles. The largest absolute Gasteiger partial charge is 0.461 e.